The van der Waals surface area contributed by atoms with Gasteiger partial charge >= 0.3 is 5.97 Å². The summed E-state index contributed by atoms with van der Waals surface area (Å²) in [4.78, 5) is 40.0. The fraction of sp³-hybridized carbons (Fsp3) is 0.851. The number of rotatable bonds is 60. The smallest absolute Gasteiger partial charge is 0.306 e. The van der Waals surface area contributed by atoms with Gasteiger partial charge in [-0.25, -0.2) is 0 Å². The Bertz CT molecular complexity index is 1460. The van der Waals surface area contributed by atoms with Crippen molar-refractivity contribution < 1.29 is 37.3 Å². The molecular weight excluding hydrogens is 976 g/mol. The standard InChI is InChI=1S/C67H127N2O7P/c1-7-10-13-16-19-22-25-27-28-29-30-31-32-33-34-35-36-37-38-39-40-42-44-47-50-53-56-59-66(70)68-64(63-75-77(72,73)74-62-61-69(4,5)6)65(58-55-52-49-46-43-24-21-18-15-12-9-3)76-67(71)60-57-54-51-48-45-41-26-23-20-17-14-11-8-2/h19,22,27-28,41,45,55,58,64-65H,7-18,20-21,23-26,29-40,42-44,46-54,56-57,59-63H2,1-6H3,(H-,68,70,72,73)/b22-19-,28-27-,45-41-,58-55-. The van der Waals surface area contributed by atoms with Crippen molar-refractivity contribution in [2.75, 3.05) is 40.9 Å². The van der Waals surface area contributed by atoms with E-state index in [2.05, 4.69) is 62.5 Å². The minimum absolute atomic E-state index is 0.0232. The zero-order valence-corrected chi connectivity index (χ0v) is 52.6. The van der Waals surface area contributed by atoms with Gasteiger partial charge in [0.25, 0.3) is 7.82 Å². The normalized spacial score (nSPS) is 13.9. The summed E-state index contributed by atoms with van der Waals surface area (Å²) in [6, 6.07) is -0.891. The van der Waals surface area contributed by atoms with E-state index >= 15 is 0 Å². The van der Waals surface area contributed by atoms with Gasteiger partial charge in [0.05, 0.1) is 33.8 Å². The summed E-state index contributed by atoms with van der Waals surface area (Å²) in [6.07, 6.45) is 71.0. The van der Waals surface area contributed by atoms with E-state index in [1.807, 2.05) is 33.3 Å². The van der Waals surface area contributed by atoms with Crippen LogP contribution in [-0.4, -0.2) is 69.4 Å². The summed E-state index contributed by atoms with van der Waals surface area (Å²) in [6.45, 7) is 6.82. The molecule has 0 rings (SSSR count). The first-order chi connectivity index (χ1) is 37.4. The summed E-state index contributed by atoms with van der Waals surface area (Å²) in [7, 11) is 1.19. The first kappa shape index (κ1) is 75.0. The molecule has 0 fully saturated rings. The molecule has 1 N–H and O–H groups in total. The van der Waals surface area contributed by atoms with Gasteiger partial charge in [0, 0.05) is 12.8 Å². The topological polar surface area (TPSA) is 114 Å². The summed E-state index contributed by atoms with van der Waals surface area (Å²) >= 11 is 0. The Morgan fingerprint density at radius 3 is 1.22 bits per heavy atom. The highest BCUT2D eigenvalue weighted by molar-refractivity contribution is 7.45. The van der Waals surface area contributed by atoms with E-state index in [-0.39, 0.29) is 24.9 Å². The Kier molecular flexibility index (Phi) is 55.7. The van der Waals surface area contributed by atoms with E-state index in [0.29, 0.717) is 23.9 Å². The van der Waals surface area contributed by atoms with Crippen LogP contribution in [0.2, 0.25) is 0 Å². The average Bonchev–Trinajstić information content (AvgIpc) is 3.39. The maximum Gasteiger partial charge on any atom is 0.306 e. The molecule has 1 amide bonds. The van der Waals surface area contributed by atoms with Crippen molar-refractivity contribution in [1.29, 1.82) is 0 Å². The highest BCUT2D eigenvalue weighted by Gasteiger charge is 2.27. The van der Waals surface area contributed by atoms with E-state index in [9.17, 15) is 19.0 Å². The number of allylic oxidation sites excluding steroid dienone is 7. The van der Waals surface area contributed by atoms with Crippen LogP contribution in [0.4, 0.5) is 0 Å². The molecule has 0 aromatic carbocycles. The third-order valence-corrected chi connectivity index (χ3v) is 15.7. The van der Waals surface area contributed by atoms with Crippen LogP contribution in [0.1, 0.15) is 316 Å². The number of unbranched alkanes of at least 4 members (excludes halogenated alkanes) is 38. The van der Waals surface area contributed by atoms with Gasteiger partial charge in [-0.15, -0.1) is 0 Å². The van der Waals surface area contributed by atoms with Gasteiger partial charge in [-0.05, 0) is 89.5 Å². The highest BCUT2D eigenvalue weighted by atomic mass is 31.2. The lowest BCUT2D eigenvalue weighted by molar-refractivity contribution is -0.870. The minimum atomic E-state index is -4.70. The highest BCUT2D eigenvalue weighted by Crippen LogP contribution is 2.38. The van der Waals surface area contributed by atoms with Crippen molar-refractivity contribution in [2.24, 2.45) is 0 Å². The van der Waals surface area contributed by atoms with E-state index in [0.717, 1.165) is 70.6 Å². The van der Waals surface area contributed by atoms with Crippen LogP contribution in [0.25, 0.3) is 0 Å². The fourth-order valence-corrected chi connectivity index (χ4v) is 10.3. The number of likely N-dealkylation sites (N-methyl/N-ethyl adjacent to an activating group) is 1. The van der Waals surface area contributed by atoms with E-state index in [1.54, 1.807) is 0 Å². The van der Waals surface area contributed by atoms with Gasteiger partial charge in [-0.1, -0.05) is 262 Å². The molecule has 77 heavy (non-hydrogen) atoms. The SMILES string of the molecule is CCCCC/C=C\C/C=C\CCCCCCCCCCCCCCCCCCCC(=O)NC(COP(=O)([O-])OCC[N+](C)(C)C)C(/C=C\CCCCCCCCCCC)OC(=O)CCCCC/C=C\CCCCCCCC. The van der Waals surface area contributed by atoms with Crippen LogP contribution >= 0.6 is 7.82 Å². The number of carbonyl (C=O) groups is 2. The maximum absolute atomic E-state index is 13.5. The van der Waals surface area contributed by atoms with Gasteiger partial charge in [-0.3, -0.25) is 14.2 Å². The van der Waals surface area contributed by atoms with E-state index < -0.39 is 26.6 Å². The summed E-state index contributed by atoms with van der Waals surface area (Å²) in [5.41, 5.74) is 0. The quantitative estimate of drug-likeness (QED) is 0.0212. The third-order valence-electron chi connectivity index (χ3n) is 14.7. The second-order valence-electron chi connectivity index (χ2n) is 23.6. The second-order valence-corrected chi connectivity index (χ2v) is 25.0. The van der Waals surface area contributed by atoms with Crippen molar-refractivity contribution in [2.45, 2.75) is 328 Å². The van der Waals surface area contributed by atoms with Gasteiger partial charge in [0.2, 0.25) is 5.91 Å². The molecule has 0 radical (unpaired) electrons. The number of phosphoric ester groups is 1. The molecule has 0 bridgehead atoms. The molecule has 0 heterocycles. The number of hydrogen-bond donors (Lipinski definition) is 1. The van der Waals surface area contributed by atoms with Crippen LogP contribution in [0, 0.1) is 0 Å². The van der Waals surface area contributed by atoms with Gasteiger partial charge in [0.1, 0.15) is 19.3 Å². The summed E-state index contributed by atoms with van der Waals surface area (Å²) in [5, 5.41) is 3.03. The van der Waals surface area contributed by atoms with E-state index in [4.69, 9.17) is 13.8 Å². The van der Waals surface area contributed by atoms with Gasteiger partial charge in [-0.2, -0.15) is 0 Å². The monoisotopic (exact) mass is 1100 g/mol. The lowest BCUT2D eigenvalue weighted by atomic mass is 10.0. The second kappa shape index (κ2) is 57.2. The molecule has 0 spiro atoms. The molecule has 0 aliphatic heterocycles. The summed E-state index contributed by atoms with van der Waals surface area (Å²) < 4.78 is 30.3. The first-order valence-corrected chi connectivity index (χ1v) is 34.4. The lowest BCUT2D eigenvalue weighted by Crippen LogP contribution is -2.47. The fourth-order valence-electron chi connectivity index (χ4n) is 9.61. The van der Waals surface area contributed by atoms with Crippen molar-refractivity contribution in [1.82, 2.24) is 5.32 Å². The Morgan fingerprint density at radius 1 is 0.455 bits per heavy atom. The van der Waals surface area contributed by atoms with Crippen LogP contribution in [0.5, 0.6) is 0 Å². The van der Waals surface area contributed by atoms with Crippen molar-refractivity contribution in [3.05, 3.63) is 48.6 Å². The number of nitrogens with one attached hydrogen (secondary N) is 1. The molecule has 452 valence electrons. The van der Waals surface area contributed by atoms with Crippen LogP contribution < -0.4 is 10.2 Å². The minimum Gasteiger partial charge on any atom is -0.756 e. The Morgan fingerprint density at radius 2 is 0.792 bits per heavy atom. The molecule has 0 aliphatic carbocycles. The largest absolute Gasteiger partial charge is 0.756 e. The molecular formula is C67H127N2O7P. The van der Waals surface area contributed by atoms with Gasteiger partial charge < -0.3 is 28.5 Å². The van der Waals surface area contributed by atoms with Crippen LogP contribution in [0.3, 0.4) is 0 Å². The van der Waals surface area contributed by atoms with Crippen molar-refractivity contribution >= 4 is 19.7 Å². The van der Waals surface area contributed by atoms with E-state index in [1.165, 1.54) is 205 Å². The number of nitrogens with zero attached hydrogens (tertiary/aromatic N) is 1. The predicted octanol–water partition coefficient (Wildman–Crippen LogP) is 19.8. The number of carbonyl (C=O) groups excluding carboxylic acids is 2. The number of esters is 1. The number of quaternary nitrogens is 1. The Labute approximate surface area is 478 Å². The first-order valence-electron chi connectivity index (χ1n) is 32.9. The Hall–Kier alpha value is -2.03. The molecule has 0 aromatic rings. The average molecular weight is 1100 g/mol. The predicted molar refractivity (Wildman–Crippen MR) is 330 cm³/mol. The molecule has 0 saturated carbocycles. The molecule has 10 heteroatoms. The zero-order valence-electron chi connectivity index (χ0n) is 51.7. The third kappa shape index (κ3) is 58.4. The van der Waals surface area contributed by atoms with Crippen LogP contribution in [0.15, 0.2) is 48.6 Å². The number of phosphoric acid groups is 1. The van der Waals surface area contributed by atoms with Crippen LogP contribution in [-0.2, 0) is 27.9 Å². The Balaban J connectivity index is 4.97. The van der Waals surface area contributed by atoms with Gasteiger partial charge in [0.15, 0.2) is 0 Å². The zero-order chi connectivity index (χ0) is 56.4. The number of hydrogen-bond acceptors (Lipinski definition) is 7. The number of amides is 1. The number of ether oxygens (including phenoxy) is 1. The molecule has 0 aliphatic rings. The van der Waals surface area contributed by atoms with Crippen molar-refractivity contribution in [3.63, 3.8) is 0 Å². The molecule has 9 nitrogen and oxygen atoms in total. The molecule has 3 unspecified atom stereocenters. The van der Waals surface area contributed by atoms with Crippen molar-refractivity contribution in [3.8, 4) is 0 Å². The summed E-state index contributed by atoms with van der Waals surface area (Å²) in [5.74, 6) is -0.549. The molecule has 3 atom stereocenters. The lowest BCUT2D eigenvalue weighted by Gasteiger charge is -2.30. The molecule has 0 saturated heterocycles. The maximum atomic E-state index is 13.5. The molecule has 0 aromatic heterocycles.